The summed E-state index contributed by atoms with van der Waals surface area (Å²) in [7, 11) is 0. The van der Waals surface area contributed by atoms with Crippen LogP contribution < -0.4 is 0 Å². The summed E-state index contributed by atoms with van der Waals surface area (Å²) in [5.74, 6) is 0.469. The normalized spacial score (nSPS) is 16.4. The zero-order valence-electron chi connectivity index (χ0n) is 16.5. The van der Waals surface area contributed by atoms with Gasteiger partial charge in [0.15, 0.2) is 5.16 Å². The van der Waals surface area contributed by atoms with Gasteiger partial charge in [0, 0.05) is 11.6 Å². The summed E-state index contributed by atoms with van der Waals surface area (Å²) in [6.45, 7) is 4.86. The third-order valence-electron chi connectivity index (χ3n) is 5.27. The van der Waals surface area contributed by atoms with Gasteiger partial charge in [0.2, 0.25) is 5.91 Å². The lowest BCUT2D eigenvalue weighted by atomic mass is 10.0. The van der Waals surface area contributed by atoms with Crippen molar-refractivity contribution in [1.29, 1.82) is 0 Å². The molecule has 2 aromatic carbocycles. The topological polar surface area (TPSA) is 51.0 Å². The number of halogens is 1. The fourth-order valence-electron chi connectivity index (χ4n) is 3.73. The summed E-state index contributed by atoms with van der Waals surface area (Å²) in [5.41, 5.74) is 4.35. The molecule has 0 bridgehead atoms. The van der Waals surface area contributed by atoms with Crippen LogP contribution in [0.5, 0.6) is 0 Å². The van der Waals surface area contributed by atoms with Crippen molar-refractivity contribution in [2.24, 2.45) is 0 Å². The maximum Gasteiger partial charge on any atom is 0.233 e. The number of rotatable bonds is 5. The molecule has 7 heteroatoms. The van der Waals surface area contributed by atoms with Crippen LogP contribution in [0.15, 0.2) is 53.9 Å². The summed E-state index contributed by atoms with van der Waals surface area (Å²) in [6, 6.07) is 14.4. The Morgan fingerprint density at radius 3 is 2.90 bits per heavy atom. The van der Waals surface area contributed by atoms with Crippen LogP contribution in [0.25, 0.3) is 5.69 Å². The predicted octanol–water partition coefficient (Wildman–Crippen LogP) is 4.99. The van der Waals surface area contributed by atoms with Crippen molar-refractivity contribution in [2.75, 3.05) is 12.3 Å². The molecule has 1 fully saturated rings. The van der Waals surface area contributed by atoms with E-state index in [1.165, 1.54) is 22.9 Å². The van der Waals surface area contributed by atoms with E-state index in [-0.39, 0.29) is 11.9 Å². The molecule has 1 aliphatic heterocycles. The third kappa shape index (κ3) is 4.33. The highest BCUT2D eigenvalue weighted by Crippen LogP contribution is 2.33. The van der Waals surface area contributed by atoms with E-state index in [2.05, 4.69) is 41.4 Å². The second kappa shape index (κ2) is 8.59. The molecular formula is C22H23ClN4OS. The van der Waals surface area contributed by atoms with Crippen molar-refractivity contribution in [2.45, 2.75) is 37.9 Å². The second-order valence-corrected chi connectivity index (χ2v) is 8.71. The monoisotopic (exact) mass is 426 g/mol. The Labute approximate surface area is 180 Å². The average molecular weight is 427 g/mol. The summed E-state index contributed by atoms with van der Waals surface area (Å²) < 4.78 is 1.87. The van der Waals surface area contributed by atoms with Crippen molar-refractivity contribution < 1.29 is 4.79 Å². The molecule has 1 atom stereocenters. The zero-order chi connectivity index (χ0) is 20.4. The maximum atomic E-state index is 13.0. The molecule has 1 aromatic heterocycles. The second-order valence-electron chi connectivity index (χ2n) is 7.36. The molecule has 0 radical (unpaired) electrons. The first-order chi connectivity index (χ1) is 14.0. The molecule has 3 aromatic rings. The summed E-state index contributed by atoms with van der Waals surface area (Å²) in [4.78, 5) is 15.0. The molecule has 0 spiro atoms. The average Bonchev–Trinajstić information content (AvgIpc) is 3.38. The van der Waals surface area contributed by atoms with E-state index in [1.807, 2.05) is 34.6 Å². The number of amides is 1. The van der Waals surface area contributed by atoms with Crippen molar-refractivity contribution in [3.8, 4) is 5.69 Å². The van der Waals surface area contributed by atoms with E-state index in [9.17, 15) is 4.79 Å². The van der Waals surface area contributed by atoms with Gasteiger partial charge in [0.1, 0.15) is 6.33 Å². The first-order valence-electron chi connectivity index (χ1n) is 9.68. The molecule has 0 N–H and O–H groups in total. The van der Waals surface area contributed by atoms with Gasteiger partial charge in [-0.05, 0) is 49.9 Å². The zero-order valence-corrected chi connectivity index (χ0v) is 18.1. The van der Waals surface area contributed by atoms with Gasteiger partial charge >= 0.3 is 0 Å². The molecule has 1 aliphatic rings. The Bertz CT molecular complexity index is 1040. The van der Waals surface area contributed by atoms with Crippen LogP contribution in [0.2, 0.25) is 5.02 Å². The van der Waals surface area contributed by atoms with Crippen molar-refractivity contribution in [1.82, 2.24) is 19.7 Å². The largest absolute Gasteiger partial charge is 0.335 e. The van der Waals surface area contributed by atoms with E-state index < -0.39 is 0 Å². The van der Waals surface area contributed by atoms with E-state index in [0.717, 1.165) is 30.6 Å². The number of carbonyl (C=O) groups excluding carboxylic acids is 1. The molecule has 4 rings (SSSR count). The highest BCUT2D eigenvalue weighted by molar-refractivity contribution is 7.99. The van der Waals surface area contributed by atoms with Gasteiger partial charge in [-0.3, -0.25) is 9.36 Å². The lowest BCUT2D eigenvalue weighted by Gasteiger charge is -2.25. The minimum absolute atomic E-state index is 0.135. The van der Waals surface area contributed by atoms with Crippen LogP contribution in [-0.4, -0.2) is 37.9 Å². The number of hydrogen-bond donors (Lipinski definition) is 0. The highest BCUT2D eigenvalue weighted by atomic mass is 35.5. The van der Waals surface area contributed by atoms with Crippen LogP contribution in [-0.2, 0) is 4.79 Å². The Morgan fingerprint density at radius 1 is 1.24 bits per heavy atom. The van der Waals surface area contributed by atoms with Gasteiger partial charge < -0.3 is 4.90 Å². The lowest BCUT2D eigenvalue weighted by Crippen LogP contribution is -2.32. The fourth-order valence-corrected chi connectivity index (χ4v) is 4.72. The number of hydrogen-bond acceptors (Lipinski definition) is 4. The van der Waals surface area contributed by atoms with Gasteiger partial charge in [0.25, 0.3) is 0 Å². The minimum Gasteiger partial charge on any atom is -0.335 e. The quantitative estimate of drug-likeness (QED) is 0.539. The molecule has 1 unspecified atom stereocenters. The molecule has 1 amide bonds. The number of aryl methyl sites for hydroxylation is 2. The first-order valence-corrected chi connectivity index (χ1v) is 11.0. The molecular weight excluding hydrogens is 404 g/mol. The number of carbonyl (C=O) groups is 1. The molecule has 0 saturated carbocycles. The first kappa shape index (κ1) is 20.0. The molecule has 5 nitrogen and oxygen atoms in total. The number of likely N-dealkylation sites (tertiary alicyclic amines) is 1. The fraction of sp³-hybridized carbons (Fsp3) is 0.318. The number of thioether (sulfide) groups is 1. The minimum atomic E-state index is 0.135. The number of aromatic nitrogens is 3. The predicted molar refractivity (Wildman–Crippen MR) is 117 cm³/mol. The standard InChI is InChI=1S/C22H23ClN4OS/c1-15-5-3-6-17(11-15)20-7-4-10-26(20)21(28)13-29-22-25-24-14-27(22)18-9-8-16(2)19(23)12-18/h3,5-6,8-9,11-12,14,20H,4,7,10,13H2,1-2H3. The number of nitrogens with zero attached hydrogens (tertiary/aromatic N) is 4. The van der Waals surface area contributed by atoms with E-state index in [1.54, 1.807) is 6.33 Å². The molecule has 1 saturated heterocycles. The van der Waals surface area contributed by atoms with Crippen molar-refractivity contribution in [3.63, 3.8) is 0 Å². The van der Waals surface area contributed by atoms with Crippen molar-refractivity contribution in [3.05, 3.63) is 70.5 Å². The van der Waals surface area contributed by atoms with Crippen LogP contribution in [0.3, 0.4) is 0 Å². The Morgan fingerprint density at radius 2 is 2.10 bits per heavy atom. The highest BCUT2D eigenvalue weighted by Gasteiger charge is 2.30. The molecule has 150 valence electrons. The van der Waals surface area contributed by atoms with Gasteiger partial charge in [-0.1, -0.05) is 59.3 Å². The van der Waals surface area contributed by atoms with Gasteiger partial charge in [-0.15, -0.1) is 10.2 Å². The smallest absolute Gasteiger partial charge is 0.233 e. The SMILES string of the molecule is Cc1cccc(C2CCCN2C(=O)CSc2nncn2-c2ccc(C)c(Cl)c2)c1. The van der Waals surface area contributed by atoms with Crippen LogP contribution in [0.4, 0.5) is 0 Å². The van der Waals surface area contributed by atoms with Crippen LogP contribution in [0.1, 0.15) is 35.6 Å². The van der Waals surface area contributed by atoms with Gasteiger partial charge in [0.05, 0.1) is 17.5 Å². The van der Waals surface area contributed by atoms with Crippen LogP contribution in [0, 0.1) is 13.8 Å². The Hall–Kier alpha value is -2.31. The Balaban J connectivity index is 1.46. The lowest BCUT2D eigenvalue weighted by molar-refractivity contribution is -0.129. The molecule has 0 aliphatic carbocycles. The van der Waals surface area contributed by atoms with Gasteiger partial charge in [-0.2, -0.15) is 0 Å². The van der Waals surface area contributed by atoms with Crippen LogP contribution >= 0.6 is 23.4 Å². The van der Waals surface area contributed by atoms with Gasteiger partial charge in [-0.25, -0.2) is 0 Å². The van der Waals surface area contributed by atoms with Crippen molar-refractivity contribution >= 4 is 29.3 Å². The Kier molecular flexibility index (Phi) is 5.92. The number of benzene rings is 2. The summed E-state index contributed by atoms with van der Waals surface area (Å²) >= 11 is 7.67. The third-order valence-corrected chi connectivity index (χ3v) is 6.61. The molecule has 2 heterocycles. The summed E-state index contributed by atoms with van der Waals surface area (Å²) in [6.07, 6.45) is 3.70. The van der Waals surface area contributed by atoms with E-state index in [4.69, 9.17) is 11.6 Å². The van der Waals surface area contributed by atoms with E-state index >= 15 is 0 Å². The van der Waals surface area contributed by atoms with E-state index in [0.29, 0.717) is 15.9 Å². The maximum absolute atomic E-state index is 13.0. The molecule has 29 heavy (non-hydrogen) atoms. The summed E-state index contributed by atoms with van der Waals surface area (Å²) in [5, 5.41) is 9.60.